The molecule has 21 heavy (non-hydrogen) atoms. The smallest absolute Gasteiger partial charge is 0.327 e. The molecule has 1 saturated heterocycles. The SMILES string of the molecule is CCCN(CC1CCCCN1)c1cccc(F)c1[N+](=O)[O-]. The molecular formula is C15H22FN3O2. The van der Waals surface area contributed by atoms with Gasteiger partial charge in [0.05, 0.1) is 4.92 Å². The summed E-state index contributed by atoms with van der Waals surface area (Å²) in [6.45, 7) is 4.36. The number of nitro benzene ring substituents is 1. The topological polar surface area (TPSA) is 58.4 Å². The zero-order valence-corrected chi connectivity index (χ0v) is 12.3. The zero-order valence-electron chi connectivity index (χ0n) is 12.3. The van der Waals surface area contributed by atoms with Gasteiger partial charge >= 0.3 is 5.69 Å². The lowest BCUT2D eigenvalue weighted by Crippen LogP contribution is -2.44. The molecule has 0 aliphatic carbocycles. The molecule has 0 spiro atoms. The third-order valence-corrected chi connectivity index (χ3v) is 3.84. The second-order valence-corrected chi connectivity index (χ2v) is 5.46. The number of anilines is 1. The van der Waals surface area contributed by atoms with E-state index in [9.17, 15) is 14.5 Å². The lowest BCUT2D eigenvalue weighted by atomic mass is 10.0. The van der Waals surface area contributed by atoms with Crippen molar-refractivity contribution >= 4 is 11.4 Å². The fourth-order valence-electron chi connectivity index (χ4n) is 2.87. The molecule has 1 aliphatic rings. The molecule has 0 radical (unpaired) electrons. The molecule has 5 nitrogen and oxygen atoms in total. The Labute approximate surface area is 124 Å². The van der Waals surface area contributed by atoms with E-state index >= 15 is 0 Å². The Morgan fingerprint density at radius 1 is 1.48 bits per heavy atom. The highest BCUT2D eigenvalue weighted by Crippen LogP contribution is 2.31. The summed E-state index contributed by atoms with van der Waals surface area (Å²) >= 11 is 0. The number of nitro groups is 1. The van der Waals surface area contributed by atoms with E-state index in [1.54, 1.807) is 6.07 Å². The molecule has 1 heterocycles. The number of para-hydroxylation sites is 1. The van der Waals surface area contributed by atoms with Crippen LogP contribution in [0.4, 0.5) is 15.8 Å². The van der Waals surface area contributed by atoms with Gasteiger partial charge in [-0.15, -0.1) is 0 Å². The number of nitrogens with one attached hydrogen (secondary N) is 1. The molecule has 0 aromatic heterocycles. The summed E-state index contributed by atoms with van der Waals surface area (Å²) in [4.78, 5) is 12.5. The predicted molar refractivity (Wildman–Crippen MR) is 81.2 cm³/mol. The Balaban J connectivity index is 2.24. The van der Waals surface area contributed by atoms with Crippen LogP contribution >= 0.6 is 0 Å². The van der Waals surface area contributed by atoms with E-state index in [-0.39, 0.29) is 0 Å². The van der Waals surface area contributed by atoms with E-state index in [2.05, 4.69) is 5.32 Å². The number of benzene rings is 1. The highest BCUT2D eigenvalue weighted by Gasteiger charge is 2.25. The molecule has 116 valence electrons. The Hall–Kier alpha value is -1.69. The van der Waals surface area contributed by atoms with Gasteiger partial charge in [0.25, 0.3) is 0 Å². The van der Waals surface area contributed by atoms with E-state index < -0.39 is 16.4 Å². The molecule has 2 rings (SSSR count). The van der Waals surface area contributed by atoms with Crippen LogP contribution in [0.15, 0.2) is 18.2 Å². The van der Waals surface area contributed by atoms with E-state index in [4.69, 9.17) is 0 Å². The second kappa shape index (κ2) is 7.36. The first-order valence-electron chi connectivity index (χ1n) is 7.54. The highest BCUT2D eigenvalue weighted by atomic mass is 19.1. The number of piperidine rings is 1. The van der Waals surface area contributed by atoms with Gasteiger partial charge in [0.1, 0.15) is 5.69 Å². The molecule has 1 atom stereocenters. The van der Waals surface area contributed by atoms with Crippen molar-refractivity contribution in [3.05, 3.63) is 34.1 Å². The number of rotatable bonds is 6. The van der Waals surface area contributed by atoms with Crippen molar-refractivity contribution < 1.29 is 9.31 Å². The largest absolute Gasteiger partial charge is 0.364 e. The van der Waals surface area contributed by atoms with E-state index in [0.717, 1.165) is 25.5 Å². The molecular weight excluding hydrogens is 273 g/mol. The maximum Gasteiger partial charge on any atom is 0.327 e. The van der Waals surface area contributed by atoms with Gasteiger partial charge in [-0.1, -0.05) is 19.4 Å². The third-order valence-electron chi connectivity index (χ3n) is 3.84. The van der Waals surface area contributed by atoms with Gasteiger partial charge in [-0.2, -0.15) is 4.39 Å². The Morgan fingerprint density at radius 3 is 2.90 bits per heavy atom. The lowest BCUT2D eigenvalue weighted by molar-refractivity contribution is -0.386. The molecule has 1 unspecified atom stereocenters. The molecule has 0 amide bonds. The monoisotopic (exact) mass is 295 g/mol. The average Bonchev–Trinajstić information content (AvgIpc) is 2.47. The first kappa shape index (κ1) is 15.7. The number of hydrogen-bond acceptors (Lipinski definition) is 4. The van der Waals surface area contributed by atoms with Crippen LogP contribution in [-0.2, 0) is 0 Å². The van der Waals surface area contributed by atoms with E-state index in [1.807, 2.05) is 11.8 Å². The van der Waals surface area contributed by atoms with Gasteiger partial charge in [0.15, 0.2) is 0 Å². The van der Waals surface area contributed by atoms with Gasteiger partial charge in [0, 0.05) is 19.1 Å². The van der Waals surface area contributed by atoms with Gasteiger partial charge in [-0.3, -0.25) is 10.1 Å². The molecule has 1 aromatic rings. The van der Waals surface area contributed by atoms with Crippen molar-refractivity contribution in [1.29, 1.82) is 0 Å². The van der Waals surface area contributed by atoms with Crippen LogP contribution in [-0.4, -0.2) is 30.6 Å². The quantitative estimate of drug-likeness (QED) is 0.647. The van der Waals surface area contributed by atoms with Gasteiger partial charge in [-0.05, 0) is 37.9 Å². The molecule has 1 N–H and O–H groups in total. The third kappa shape index (κ3) is 3.91. The highest BCUT2D eigenvalue weighted by molar-refractivity contribution is 5.63. The van der Waals surface area contributed by atoms with Crippen molar-refractivity contribution in [2.75, 3.05) is 24.5 Å². The number of nitrogens with zero attached hydrogens (tertiary/aromatic N) is 2. The maximum absolute atomic E-state index is 13.8. The number of halogens is 1. The van der Waals surface area contributed by atoms with Crippen molar-refractivity contribution in [1.82, 2.24) is 5.32 Å². The Bertz CT molecular complexity index is 490. The molecule has 6 heteroatoms. The fourth-order valence-corrected chi connectivity index (χ4v) is 2.87. The summed E-state index contributed by atoms with van der Waals surface area (Å²) < 4.78 is 13.8. The van der Waals surface area contributed by atoms with Gasteiger partial charge in [0.2, 0.25) is 5.82 Å². The van der Waals surface area contributed by atoms with Crippen LogP contribution in [0.1, 0.15) is 32.6 Å². The second-order valence-electron chi connectivity index (χ2n) is 5.46. The minimum absolute atomic E-state index is 0.313. The van der Waals surface area contributed by atoms with Crippen LogP contribution in [0.2, 0.25) is 0 Å². The molecule has 1 fully saturated rings. The molecule has 1 aromatic carbocycles. The number of hydrogen-bond donors (Lipinski definition) is 1. The summed E-state index contributed by atoms with van der Waals surface area (Å²) in [5.74, 6) is -0.768. The maximum atomic E-state index is 13.8. The van der Waals surface area contributed by atoms with Crippen molar-refractivity contribution in [2.45, 2.75) is 38.6 Å². The van der Waals surface area contributed by atoms with Crippen LogP contribution in [0.5, 0.6) is 0 Å². The Kier molecular flexibility index (Phi) is 5.50. The zero-order chi connectivity index (χ0) is 15.2. The van der Waals surface area contributed by atoms with Crippen LogP contribution in [0.3, 0.4) is 0 Å². The van der Waals surface area contributed by atoms with Crippen LogP contribution < -0.4 is 10.2 Å². The molecule has 0 saturated carbocycles. The normalized spacial score (nSPS) is 18.5. The molecule has 1 aliphatic heterocycles. The van der Waals surface area contributed by atoms with Crippen molar-refractivity contribution in [2.24, 2.45) is 0 Å². The summed E-state index contributed by atoms with van der Waals surface area (Å²) in [6.07, 6.45) is 4.26. The van der Waals surface area contributed by atoms with Crippen LogP contribution in [0.25, 0.3) is 0 Å². The fraction of sp³-hybridized carbons (Fsp3) is 0.600. The summed E-state index contributed by atoms with van der Waals surface area (Å²) in [6, 6.07) is 4.63. The first-order chi connectivity index (χ1) is 10.1. The van der Waals surface area contributed by atoms with Gasteiger partial charge in [-0.25, -0.2) is 0 Å². The van der Waals surface area contributed by atoms with Crippen molar-refractivity contribution in [3.63, 3.8) is 0 Å². The van der Waals surface area contributed by atoms with Crippen LogP contribution in [0, 0.1) is 15.9 Å². The average molecular weight is 295 g/mol. The summed E-state index contributed by atoms with van der Waals surface area (Å²) in [5.41, 5.74) is -0.0315. The predicted octanol–water partition coefficient (Wildman–Crippen LogP) is 3.09. The van der Waals surface area contributed by atoms with E-state index in [1.165, 1.54) is 18.9 Å². The first-order valence-corrected chi connectivity index (χ1v) is 7.54. The minimum atomic E-state index is -0.768. The van der Waals surface area contributed by atoms with Gasteiger partial charge < -0.3 is 10.2 Å². The standard InChI is InChI=1S/C15H22FN3O2/c1-2-10-18(11-12-6-3-4-9-17-12)14-8-5-7-13(16)15(14)19(20)21/h5,7-8,12,17H,2-4,6,9-11H2,1H3. The minimum Gasteiger partial charge on any atom is -0.364 e. The molecule has 0 bridgehead atoms. The van der Waals surface area contributed by atoms with E-state index in [0.29, 0.717) is 24.8 Å². The van der Waals surface area contributed by atoms with Crippen molar-refractivity contribution in [3.8, 4) is 0 Å². The Morgan fingerprint density at radius 2 is 2.29 bits per heavy atom. The summed E-state index contributed by atoms with van der Waals surface area (Å²) in [5, 5.41) is 14.6. The lowest BCUT2D eigenvalue weighted by Gasteiger charge is -2.31. The summed E-state index contributed by atoms with van der Waals surface area (Å²) in [7, 11) is 0.